The second-order valence-corrected chi connectivity index (χ2v) is 10.3. The SMILES string of the molecule is CC([O-])(C(F)(F)F)C(F)(F)F.CC([O-])(C(F)(F)F)C(F)(F)F.CC([O-])(C(F)(F)F)C(F)(F)F.CC([O-])(C(F)(F)F)C(F)(F)F.CS(C)=O.[O-2].[W]. The molecule has 0 atom stereocenters. The molecule has 0 aliphatic carbocycles. The van der Waals surface area contributed by atoms with Crippen LogP contribution in [0.25, 0.3) is 0 Å². The summed E-state index contributed by atoms with van der Waals surface area (Å²) in [6.45, 7) is -1.81. The van der Waals surface area contributed by atoms with Crippen molar-refractivity contribution in [2.45, 2.75) is 99.5 Å². The van der Waals surface area contributed by atoms with Gasteiger partial charge in [0.1, 0.15) is 0 Å². The second-order valence-electron chi connectivity index (χ2n) is 8.86. The van der Waals surface area contributed by atoms with E-state index in [1.807, 2.05) is 0 Å². The molecule has 32 heteroatoms. The smallest absolute Gasteiger partial charge is 0.388 e. The van der Waals surface area contributed by atoms with Gasteiger partial charge in [0.25, 0.3) is 0 Å². The van der Waals surface area contributed by atoms with E-state index in [1.165, 1.54) is 0 Å². The van der Waals surface area contributed by atoms with Crippen molar-refractivity contribution in [3.63, 3.8) is 0 Å². The molecule has 0 amide bonds. The van der Waals surface area contributed by atoms with Gasteiger partial charge in [0.2, 0.25) is 0 Å². The Morgan fingerprint density at radius 3 is 0.360 bits per heavy atom. The molecule has 0 saturated heterocycles. The molecule has 0 bridgehead atoms. The molecule has 0 aromatic carbocycles. The summed E-state index contributed by atoms with van der Waals surface area (Å²) in [6, 6.07) is 0. The van der Waals surface area contributed by atoms with E-state index in [0.29, 0.717) is 0 Å². The molecule has 0 radical (unpaired) electrons. The van der Waals surface area contributed by atoms with E-state index < -0.39 is 110 Å². The Labute approximate surface area is 279 Å². The van der Waals surface area contributed by atoms with Gasteiger partial charge in [0, 0.05) is 44.4 Å². The number of alkyl halides is 24. The number of halogens is 24. The van der Waals surface area contributed by atoms with E-state index in [2.05, 4.69) is 0 Å². The fourth-order valence-corrected chi connectivity index (χ4v) is 0.643. The van der Waals surface area contributed by atoms with Gasteiger partial charge in [-0.2, -0.15) is 105 Å². The molecule has 50 heavy (non-hydrogen) atoms. The van der Waals surface area contributed by atoms with Crippen LogP contribution in [0.2, 0.25) is 0 Å². The van der Waals surface area contributed by atoms with Crippen molar-refractivity contribution in [1.82, 2.24) is 0 Å². The minimum atomic E-state index is -5.80. The van der Waals surface area contributed by atoms with Crippen LogP contribution in [0.15, 0.2) is 0 Å². The van der Waals surface area contributed by atoms with Crippen LogP contribution in [0.4, 0.5) is 105 Å². The topological polar surface area (TPSA) is 138 Å². The molecule has 0 aromatic rings. The van der Waals surface area contributed by atoms with Crippen LogP contribution in [0.1, 0.15) is 27.7 Å². The Kier molecular flexibility index (Phi) is 24.7. The van der Waals surface area contributed by atoms with Gasteiger partial charge in [-0.25, -0.2) is 0 Å². The Balaban J connectivity index is -0.0000000938. The molecule has 312 valence electrons. The molecule has 0 saturated carbocycles. The van der Waals surface area contributed by atoms with E-state index in [9.17, 15) is 130 Å². The van der Waals surface area contributed by atoms with Crippen LogP contribution in [-0.2, 0) is 37.3 Å². The van der Waals surface area contributed by atoms with Crippen molar-refractivity contribution >= 4 is 10.8 Å². The third-order valence-electron chi connectivity index (χ3n) is 4.33. The van der Waals surface area contributed by atoms with Crippen LogP contribution >= 0.6 is 0 Å². The molecular weight excluding hydrogens is 984 g/mol. The summed E-state index contributed by atoms with van der Waals surface area (Å²) in [6.07, 6.45) is -43.1. The Hall–Kier alpha value is -1.04. The quantitative estimate of drug-likeness (QED) is 0.322. The first kappa shape index (κ1) is 64.0. The van der Waals surface area contributed by atoms with E-state index in [1.54, 1.807) is 12.5 Å². The van der Waals surface area contributed by atoms with Crippen molar-refractivity contribution < 1.29 is 157 Å². The van der Waals surface area contributed by atoms with Crippen molar-refractivity contribution in [2.24, 2.45) is 0 Å². The van der Waals surface area contributed by atoms with Crippen LogP contribution < -0.4 is 20.4 Å². The molecule has 0 spiro atoms. The third kappa shape index (κ3) is 19.7. The fraction of sp³-hybridized carbons (Fsp3) is 1.00. The van der Waals surface area contributed by atoms with Gasteiger partial charge in [0.15, 0.2) is 0 Å². The summed E-state index contributed by atoms with van der Waals surface area (Å²) in [5, 5.41) is 39.6. The van der Waals surface area contributed by atoms with Crippen LogP contribution in [0.3, 0.4) is 0 Å². The summed E-state index contributed by atoms with van der Waals surface area (Å²) in [4.78, 5) is 0. The zero-order valence-corrected chi connectivity index (χ0v) is 28.1. The van der Waals surface area contributed by atoms with Gasteiger partial charge in [-0.05, 0) is 0 Å². The molecular formula is C18H18F24O6SW-6. The van der Waals surface area contributed by atoms with Crippen molar-refractivity contribution in [2.75, 3.05) is 12.5 Å². The van der Waals surface area contributed by atoms with Crippen LogP contribution in [0.5, 0.6) is 0 Å². The average Bonchev–Trinajstić information content (AvgIpc) is 2.68. The zero-order valence-electron chi connectivity index (χ0n) is 24.3. The third-order valence-corrected chi connectivity index (χ3v) is 4.33. The molecule has 6 nitrogen and oxygen atoms in total. The Bertz CT molecular complexity index is 754. The molecule has 0 rings (SSSR count). The monoisotopic (exact) mass is 1000 g/mol. The van der Waals surface area contributed by atoms with E-state index in [4.69, 9.17) is 0 Å². The summed E-state index contributed by atoms with van der Waals surface area (Å²) in [7, 11) is -0.611. The first-order valence-corrected chi connectivity index (χ1v) is 12.3. The minimum Gasteiger partial charge on any atom is -2.00 e. The van der Waals surface area contributed by atoms with Gasteiger partial charge < -0.3 is 25.9 Å². The first-order valence-electron chi connectivity index (χ1n) is 10.3. The predicted molar refractivity (Wildman–Crippen MR) is 103 cm³/mol. The number of hydrogen-bond donors (Lipinski definition) is 0. The van der Waals surface area contributed by atoms with Crippen molar-refractivity contribution in [1.29, 1.82) is 0 Å². The summed E-state index contributed by atoms with van der Waals surface area (Å²) >= 11 is 0. The molecule has 0 heterocycles. The Morgan fingerprint density at radius 2 is 0.360 bits per heavy atom. The van der Waals surface area contributed by atoms with Gasteiger partial charge in [0.05, 0.1) is 22.4 Å². The van der Waals surface area contributed by atoms with Gasteiger partial charge in [-0.3, -0.25) is 4.21 Å². The molecule has 0 aromatic heterocycles. The second kappa shape index (κ2) is 19.3. The maximum atomic E-state index is 11.3. The first-order chi connectivity index (χ1) is 19.7. The number of hydrogen-bond acceptors (Lipinski definition) is 5. The van der Waals surface area contributed by atoms with Crippen molar-refractivity contribution in [3.8, 4) is 0 Å². The maximum absolute atomic E-state index is 11.3. The van der Waals surface area contributed by atoms with Gasteiger partial charge >= 0.3 is 49.4 Å². The van der Waals surface area contributed by atoms with E-state index in [0.717, 1.165) is 0 Å². The molecule has 0 N–H and O–H groups in total. The normalized spacial score (nSPS) is 14.1. The summed E-state index contributed by atoms with van der Waals surface area (Å²) < 4.78 is 281. The van der Waals surface area contributed by atoms with E-state index >= 15 is 0 Å². The molecule has 0 fully saturated rings. The summed E-state index contributed by atoms with van der Waals surface area (Å²) in [5.41, 5.74) is -19.5. The van der Waals surface area contributed by atoms with Crippen molar-refractivity contribution in [3.05, 3.63) is 0 Å². The van der Waals surface area contributed by atoms with Gasteiger partial charge in [-0.15, -0.1) is 0 Å². The predicted octanol–water partition coefficient (Wildman–Crippen LogP) is 4.79. The van der Waals surface area contributed by atoms with Gasteiger partial charge in [-0.1, -0.05) is 27.7 Å². The minimum absolute atomic E-state index is 0. The molecule has 0 aliphatic rings. The zero-order chi connectivity index (χ0) is 41.6. The Morgan fingerprint density at radius 1 is 0.320 bits per heavy atom. The standard InChI is InChI=1S/4C4H3F6O.C2H6OS.O.W/c4*1-2(11,3(5,6)7)4(8,9)10;1-4(2)3;;/h4*1H3;1-2H3;;/q4*-1;;-2;. The van der Waals surface area contributed by atoms with E-state index in [-0.39, 0.29) is 26.5 Å². The van der Waals surface area contributed by atoms with Crippen LogP contribution in [0, 0.1) is 0 Å². The number of rotatable bonds is 0. The molecule has 0 aliphatic heterocycles. The van der Waals surface area contributed by atoms with Crippen LogP contribution in [-0.4, -0.2) is 88.5 Å². The largest absolute Gasteiger partial charge is 2.00 e. The summed E-state index contributed by atoms with van der Waals surface area (Å²) in [5.74, 6) is 0. The average molecular weight is 1000 g/mol. The fourth-order valence-electron chi connectivity index (χ4n) is 0.643. The maximum Gasteiger partial charge on any atom is 0.388 e. The molecule has 0 unspecified atom stereocenters.